The number of pyridine rings is 1. The van der Waals surface area contributed by atoms with Crippen molar-refractivity contribution in [2.24, 2.45) is 4.99 Å². The van der Waals surface area contributed by atoms with Gasteiger partial charge in [0.15, 0.2) is 5.96 Å². The number of guanidine groups is 1. The molecule has 156 valence electrons. The summed E-state index contributed by atoms with van der Waals surface area (Å²) in [6, 6.07) is 6.35. The van der Waals surface area contributed by atoms with Gasteiger partial charge in [-0.05, 0) is 53.5 Å². The van der Waals surface area contributed by atoms with Crippen LogP contribution in [0.3, 0.4) is 0 Å². The number of nitrogens with zero attached hydrogens (tertiary/aromatic N) is 3. The number of unbranched alkanes of at least 4 members (excludes halogenated alkanes) is 1. The highest BCUT2D eigenvalue weighted by atomic mass is 127. The van der Waals surface area contributed by atoms with Crippen molar-refractivity contribution >= 4 is 29.9 Å². The van der Waals surface area contributed by atoms with Crippen LogP contribution >= 0.6 is 24.0 Å². The molecule has 0 saturated heterocycles. The lowest BCUT2D eigenvalue weighted by molar-refractivity contribution is 0.178. The number of rotatable bonds is 11. The first kappa shape index (κ1) is 25.9. The van der Waals surface area contributed by atoms with Gasteiger partial charge in [-0.1, -0.05) is 6.07 Å². The zero-order valence-corrected chi connectivity index (χ0v) is 19.9. The molecule has 0 aromatic carbocycles. The first-order valence-electron chi connectivity index (χ1n) is 9.89. The summed E-state index contributed by atoms with van der Waals surface area (Å²) in [5.74, 6) is 0.872. The van der Waals surface area contributed by atoms with Crippen molar-refractivity contribution in [2.75, 3.05) is 26.2 Å². The van der Waals surface area contributed by atoms with E-state index in [0.29, 0.717) is 12.1 Å². The van der Waals surface area contributed by atoms with E-state index in [-0.39, 0.29) is 29.5 Å². The van der Waals surface area contributed by atoms with Gasteiger partial charge >= 0.3 is 0 Å². The molecule has 1 heterocycles. The van der Waals surface area contributed by atoms with Crippen molar-refractivity contribution in [3.63, 3.8) is 0 Å². The van der Waals surface area contributed by atoms with Gasteiger partial charge in [0.1, 0.15) is 0 Å². The molecule has 27 heavy (non-hydrogen) atoms. The Balaban J connectivity index is 0.00000676. The molecule has 0 bridgehead atoms. The summed E-state index contributed by atoms with van der Waals surface area (Å²) in [5, 5.41) is 6.72. The van der Waals surface area contributed by atoms with Crippen molar-refractivity contribution in [3.05, 3.63) is 34.7 Å². The van der Waals surface area contributed by atoms with Gasteiger partial charge in [0.2, 0.25) is 5.56 Å². The van der Waals surface area contributed by atoms with Gasteiger partial charge in [-0.15, -0.1) is 24.0 Å². The third-order valence-electron chi connectivity index (χ3n) is 4.31. The maximum atomic E-state index is 11.7. The van der Waals surface area contributed by atoms with Gasteiger partial charge < -0.3 is 15.2 Å². The van der Waals surface area contributed by atoms with Crippen LogP contribution in [0.1, 0.15) is 47.5 Å². The van der Waals surface area contributed by atoms with Gasteiger partial charge in [0.25, 0.3) is 0 Å². The molecule has 0 unspecified atom stereocenters. The highest BCUT2D eigenvalue weighted by Crippen LogP contribution is 2.03. The summed E-state index contributed by atoms with van der Waals surface area (Å²) in [4.78, 5) is 18.8. The number of aryl methyl sites for hydroxylation is 1. The minimum absolute atomic E-state index is 0. The van der Waals surface area contributed by atoms with Crippen LogP contribution in [0.2, 0.25) is 0 Å². The molecule has 0 saturated carbocycles. The minimum Gasteiger partial charge on any atom is -0.357 e. The molecule has 0 atom stereocenters. The van der Waals surface area contributed by atoms with Crippen molar-refractivity contribution in [1.82, 2.24) is 20.1 Å². The van der Waals surface area contributed by atoms with Gasteiger partial charge in [0, 0.05) is 57.1 Å². The quantitative estimate of drug-likeness (QED) is 0.216. The SMILES string of the molecule is CCNC(=NCCCCn1ccccc1=O)NCCN(C(C)C)C(C)C.I. The fraction of sp³-hybridized carbons (Fsp3) is 0.700. The second-order valence-electron chi connectivity index (χ2n) is 7.05. The van der Waals surface area contributed by atoms with Crippen molar-refractivity contribution < 1.29 is 0 Å². The lowest BCUT2D eigenvalue weighted by Crippen LogP contribution is -2.45. The minimum atomic E-state index is 0. The molecule has 0 radical (unpaired) electrons. The lowest BCUT2D eigenvalue weighted by Gasteiger charge is -2.30. The van der Waals surface area contributed by atoms with E-state index in [1.165, 1.54) is 0 Å². The topological polar surface area (TPSA) is 61.7 Å². The van der Waals surface area contributed by atoms with Crippen LogP contribution in [0, 0.1) is 0 Å². The summed E-state index contributed by atoms with van der Waals surface area (Å²) >= 11 is 0. The molecule has 7 heteroatoms. The van der Waals surface area contributed by atoms with Crippen molar-refractivity contribution in [3.8, 4) is 0 Å². The second kappa shape index (κ2) is 14.9. The molecule has 0 aliphatic carbocycles. The molecule has 1 aromatic rings. The first-order chi connectivity index (χ1) is 12.5. The summed E-state index contributed by atoms with van der Waals surface area (Å²) in [7, 11) is 0. The summed E-state index contributed by atoms with van der Waals surface area (Å²) in [5.41, 5.74) is 0.0610. The van der Waals surface area contributed by atoms with E-state index in [2.05, 4.69) is 55.1 Å². The van der Waals surface area contributed by atoms with E-state index in [0.717, 1.165) is 51.5 Å². The Morgan fingerprint density at radius 2 is 1.85 bits per heavy atom. The highest BCUT2D eigenvalue weighted by Gasteiger charge is 2.12. The molecule has 2 N–H and O–H groups in total. The van der Waals surface area contributed by atoms with E-state index < -0.39 is 0 Å². The maximum Gasteiger partial charge on any atom is 0.250 e. The van der Waals surface area contributed by atoms with E-state index >= 15 is 0 Å². The summed E-state index contributed by atoms with van der Waals surface area (Å²) in [6.45, 7) is 15.2. The normalized spacial score (nSPS) is 11.8. The largest absolute Gasteiger partial charge is 0.357 e. The van der Waals surface area contributed by atoms with Crippen LogP contribution in [0.4, 0.5) is 0 Å². The Morgan fingerprint density at radius 1 is 1.15 bits per heavy atom. The summed E-state index contributed by atoms with van der Waals surface area (Å²) in [6.07, 6.45) is 3.75. The van der Waals surface area contributed by atoms with Crippen LogP contribution < -0.4 is 16.2 Å². The number of aromatic nitrogens is 1. The molecule has 0 aliphatic rings. The zero-order chi connectivity index (χ0) is 19.4. The van der Waals surface area contributed by atoms with Crippen LogP contribution in [0.25, 0.3) is 0 Å². The number of aliphatic imine (C=N–C) groups is 1. The smallest absolute Gasteiger partial charge is 0.250 e. The maximum absolute atomic E-state index is 11.7. The van der Waals surface area contributed by atoms with Crippen LogP contribution in [-0.4, -0.2) is 53.7 Å². The third kappa shape index (κ3) is 10.7. The Kier molecular flexibility index (Phi) is 14.3. The van der Waals surface area contributed by atoms with Crippen molar-refractivity contribution in [2.45, 2.75) is 66.1 Å². The van der Waals surface area contributed by atoms with Crippen LogP contribution in [0.15, 0.2) is 34.2 Å². The summed E-state index contributed by atoms with van der Waals surface area (Å²) < 4.78 is 1.75. The lowest BCUT2D eigenvalue weighted by atomic mass is 10.2. The van der Waals surface area contributed by atoms with Crippen LogP contribution in [0.5, 0.6) is 0 Å². The predicted octanol–water partition coefficient (Wildman–Crippen LogP) is 2.92. The van der Waals surface area contributed by atoms with Gasteiger partial charge in [0.05, 0.1) is 0 Å². The van der Waals surface area contributed by atoms with E-state index in [9.17, 15) is 4.79 Å². The van der Waals surface area contributed by atoms with E-state index in [1.807, 2.05) is 12.3 Å². The number of halogens is 1. The highest BCUT2D eigenvalue weighted by molar-refractivity contribution is 14.0. The molecule has 1 rings (SSSR count). The second-order valence-corrected chi connectivity index (χ2v) is 7.05. The first-order valence-corrected chi connectivity index (χ1v) is 9.89. The third-order valence-corrected chi connectivity index (χ3v) is 4.31. The molecular formula is C20H38IN5O. The average Bonchev–Trinajstić information content (AvgIpc) is 2.59. The monoisotopic (exact) mass is 491 g/mol. The number of nitrogens with one attached hydrogen (secondary N) is 2. The fourth-order valence-electron chi connectivity index (χ4n) is 2.99. The molecule has 1 aromatic heterocycles. The molecular weight excluding hydrogens is 453 g/mol. The molecule has 0 fully saturated rings. The molecule has 6 nitrogen and oxygen atoms in total. The Morgan fingerprint density at radius 3 is 2.44 bits per heavy atom. The molecule has 0 spiro atoms. The van der Waals surface area contributed by atoms with Gasteiger partial charge in [-0.25, -0.2) is 0 Å². The molecule has 0 aliphatic heterocycles. The average molecular weight is 491 g/mol. The Hall–Kier alpha value is -1.09. The fourth-order valence-corrected chi connectivity index (χ4v) is 2.99. The predicted molar refractivity (Wildman–Crippen MR) is 126 cm³/mol. The molecule has 0 amide bonds. The van der Waals surface area contributed by atoms with Crippen molar-refractivity contribution in [1.29, 1.82) is 0 Å². The van der Waals surface area contributed by atoms with Gasteiger partial charge in [-0.3, -0.25) is 14.7 Å². The van der Waals surface area contributed by atoms with E-state index in [1.54, 1.807) is 16.7 Å². The van der Waals surface area contributed by atoms with Crippen LogP contribution in [-0.2, 0) is 6.54 Å². The van der Waals surface area contributed by atoms with E-state index in [4.69, 9.17) is 0 Å². The standard InChI is InChI=1S/C20H37N5O.HI/c1-6-21-20(23-13-16-25(17(2)3)18(4)5)22-12-8-10-15-24-14-9-7-11-19(24)26;/h7,9,11,14,17-18H,6,8,10,12-13,15-16H2,1-5H3,(H2,21,22,23);1H. The zero-order valence-electron chi connectivity index (χ0n) is 17.6. The Bertz CT molecular complexity index is 578. The number of hydrogen-bond donors (Lipinski definition) is 2. The van der Waals surface area contributed by atoms with Gasteiger partial charge in [-0.2, -0.15) is 0 Å². The number of hydrogen-bond acceptors (Lipinski definition) is 3. The Labute approximate surface area is 181 Å².